The highest BCUT2D eigenvalue weighted by Gasteiger charge is 2.16. The molecule has 2 aromatic heterocycles. The number of nitrogens with zero attached hydrogens (tertiary/aromatic N) is 3. The Balaban J connectivity index is 1.86. The summed E-state index contributed by atoms with van der Waals surface area (Å²) in [6.07, 6.45) is 4.48. The Hall–Kier alpha value is -3.00. The Bertz CT molecular complexity index is 931. The monoisotopic (exact) mass is 384 g/mol. The highest BCUT2D eigenvalue weighted by molar-refractivity contribution is 7.13. The van der Waals surface area contributed by atoms with Crippen molar-refractivity contribution in [3.63, 3.8) is 0 Å². The number of benzene rings is 1. The molecule has 0 fully saturated rings. The number of anilines is 1. The molecule has 0 atom stereocenters. The van der Waals surface area contributed by atoms with Crippen molar-refractivity contribution in [1.82, 2.24) is 9.55 Å². The van der Waals surface area contributed by atoms with Crippen molar-refractivity contribution in [2.24, 2.45) is 5.92 Å². The van der Waals surface area contributed by atoms with Gasteiger partial charge >= 0.3 is 0 Å². The number of nitro groups is 1. The zero-order valence-electron chi connectivity index (χ0n) is 15.1. The summed E-state index contributed by atoms with van der Waals surface area (Å²) in [6.45, 7) is 4.71. The zero-order valence-corrected chi connectivity index (χ0v) is 15.9. The molecule has 0 radical (unpaired) electrons. The average molecular weight is 384 g/mol. The molecule has 1 N–H and O–H groups in total. The zero-order chi connectivity index (χ0) is 19.4. The van der Waals surface area contributed by atoms with E-state index < -0.39 is 4.92 Å². The summed E-state index contributed by atoms with van der Waals surface area (Å²) in [5.41, 5.74) is 2.56. The molecule has 0 saturated carbocycles. The van der Waals surface area contributed by atoms with Crippen LogP contribution in [0.4, 0.5) is 10.8 Å². The van der Waals surface area contributed by atoms with Gasteiger partial charge in [0.25, 0.3) is 11.6 Å². The maximum atomic E-state index is 12.7. The number of amides is 1. The molecule has 0 aliphatic carbocycles. The number of nitro benzene ring substituents is 1. The molecule has 3 rings (SSSR count). The van der Waals surface area contributed by atoms with Crippen LogP contribution < -0.4 is 5.32 Å². The third kappa shape index (κ3) is 4.79. The second-order valence-corrected chi connectivity index (χ2v) is 7.57. The Labute approximate surface area is 160 Å². The fraction of sp³-hybridized carbons (Fsp3) is 0.263. The minimum atomic E-state index is -0.424. The van der Waals surface area contributed by atoms with Crippen LogP contribution in [0.5, 0.6) is 0 Å². The summed E-state index contributed by atoms with van der Waals surface area (Å²) in [6, 6.07) is 8.27. The Morgan fingerprint density at radius 1 is 1.30 bits per heavy atom. The van der Waals surface area contributed by atoms with Gasteiger partial charge in [-0.15, -0.1) is 11.3 Å². The lowest BCUT2D eigenvalue weighted by molar-refractivity contribution is -0.384. The predicted octanol–water partition coefficient (Wildman–Crippen LogP) is 4.35. The fourth-order valence-corrected chi connectivity index (χ4v) is 3.37. The third-order valence-electron chi connectivity index (χ3n) is 3.98. The van der Waals surface area contributed by atoms with E-state index in [-0.39, 0.29) is 11.6 Å². The number of non-ortho nitro benzene ring substituents is 1. The first-order valence-electron chi connectivity index (χ1n) is 8.55. The van der Waals surface area contributed by atoms with Gasteiger partial charge in [-0.2, -0.15) is 0 Å². The number of nitrogens with one attached hydrogen (secondary N) is 1. The van der Waals surface area contributed by atoms with Gasteiger partial charge in [0.05, 0.1) is 4.92 Å². The van der Waals surface area contributed by atoms with Gasteiger partial charge in [0.2, 0.25) is 0 Å². The molecule has 27 heavy (non-hydrogen) atoms. The van der Waals surface area contributed by atoms with Crippen molar-refractivity contribution in [3.05, 3.63) is 75.0 Å². The van der Waals surface area contributed by atoms with Gasteiger partial charge in [-0.3, -0.25) is 20.2 Å². The Kier molecular flexibility index (Phi) is 5.66. The molecule has 0 aliphatic rings. The minimum absolute atomic E-state index is 0.0495. The van der Waals surface area contributed by atoms with Crippen LogP contribution in [0.2, 0.25) is 0 Å². The smallest absolute Gasteiger partial charge is 0.274 e. The van der Waals surface area contributed by atoms with Crippen molar-refractivity contribution in [2.75, 3.05) is 5.32 Å². The highest BCUT2D eigenvalue weighted by atomic mass is 32.1. The topological polar surface area (TPSA) is 90.1 Å². The summed E-state index contributed by atoms with van der Waals surface area (Å²) < 4.78 is 1.88. The SMILES string of the molecule is CC(C)Cc1cc(C(=O)Nc2nccs2)n(Cc2ccc([N+](=O)[O-])cc2)c1. The number of carbonyl (C=O) groups excluding carboxylic acids is 1. The lowest BCUT2D eigenvalue weighted by atomic mass is 10.1. The molecule has 0 unspecified atom stereocenters. The first-order valence-corrected chi connectivity index (χ1v) is 9.43. The molecule has 0 spiro atoms. The van der Waals surface area contributed by atoms with Crippen LogP contribution in [-0.2, 0) is 13.0 Å². The van der Waals surface area contributed by atoms with Gasteiger partial charge in [-0.25, -0.2) is 4.98 Å². The molecule has 0 bridgehead atoms. The number of carbonyl (C=O) groups is 1. The molecule has 0 aliphatic heterocycles. The molecule has 1 aromatic carbocycles. The van der Waals surface area contributed by atoms with Crippen LogP contribution in [0.3, 0.4) is 0 Å². The third-order valence-corrected chi connectivity index (χ3v) is 4.67. The van der Waals surface area contributed by atoms with Crippen LogP contribution in [-0.4, -0.2) is 20.4 Å². The Morgan fingerprint density at radius 2 is 2.04 bits per heavy atom. The molecule has 1 amide bonds. The summed E-state index contributed by atoms with van der Waals surface area (Å²) >= 11 is 1.36. The Morgan fingerprint density at radius 3 is 2.63 bits per heavy atom. The summed E-state index contributed by atoms with van der Waals surface area (Å²) in [5, 5.41) is 16.0. The van der Waals surface area contributed by atoms with Gasteiger partial charge in [0.1, 0.15) is 5.69 Å². The van der Waals surface area contributed by atoms with Crippen molar-refractivity contribution >= 4 is 28.1 Å². The van der Waals surface area contributed by atoms with E-state index in [1.54, 1.807) is 23.7 Å². The average Bonchev–Trinajstić information content (AvgIpc) is 3.25. The summed E-state index contributed by atoms with van der Waals surface area (Å²) in [5.74, 6) is 0.247. The van der Waals surface area contributed by atoms with E-state index in [0.29, 0.717) is 23.3 Å². The van der Waals surface area contributed by atoms with Crippen LogP contribution in [0, 0.1) is 16.0 Å². The summed E-state index contributed by atoms with van der Waals surface area (Å²) in [4.78, 5) is 27.2. The van der Waals surface area contributed by atoms with Crippen LogP contribution >= 0.6 is 11.3 Å². The van der Waals surface area contributed by atoms with E-state index in [4.69, 9.17) is 0 Å². The van der Waals surface area contributed by atoms with Gasteiger partial charge in [0, 0.05) is 36.5 Å². The molecule has 3 aromatic rings. The molecule has 8 heteroatoms. The first-order chi connectivity index (χ1) is 12.9. The second kappa shape index (κ2) is 8.13. The van der Waals surface area contributed by atoms with Crippen molar-refractivity contribution < 1.29 is 9.72 Å². The van der Waals surface area contributed by atoms with E-state index in [9.17, 15) is 14.9 Å². The molecular formula is C19H20N4O3S. The standard InChI is InChI=1S/C19H20N4O3S/c1-13(2)9-15-10-17(18(24)21-19-20-7-8-27-19)22(12-15)11-14-3-5-16(6-4-14)23(25)26/h3-8,10,12-13H,9,11H2,1-2H3,(H,20,21,24). The highest BCUT2D eigenvalue weighted by Crippen LogP contribution is 2.19. The van der Waals surface area contributed by atoms with E-state index in [1.165, 1.54) is 23.5 Å². The van der Waals surface area contributed by atoms with Crippen molar-refractivity contribution in [3.8, 4) is 0 Å². The normalized spacial score (nSPS) is 10.9. The maximum absolute atomic E-state index is 12.7. The van der Waals surface area contributed by atoms with Gasteiger partial charge < -0.3 is 4.57 Å². The van der Waals surface area contributed by atoms with Crippen molar-refractivity contribution in [2.45, 2.75) is 26.8 Å². The molecule has 0 saturated heterocycles. The lowest BCUT2D eigenvalue weighted by Crippen LogP contribution is -2.17. The summed E-state index contributed by atoms with van der Waals surface area (Å²) in [7, 11) is 0. The number of hydrogen-bond donors (Lipinski definition) is 1. The second-order valence-electron chi connectivity index (χ2n) is 6.67. The van der Waals surface area contributed by atoms with Crippen LogP contribution in [0.15, 0.2) is 48.1 Å². The van der Waals surface area contributed by atoms with E-state index >= 15 is 0 Å². The number of hydrogen-bond acceptors (Lipinski definition) is 5. The molecular weight excluding hydrogens is 364 g/mol. The van der Waals surface area contributed by atoms with Gasteiger partial charge in [-0.1, -0.05) is 26.0 Å². The molecule has 140 valence electrons. The quantitative estimate of drug-likeness (QED) is 0.484. The fourth-order valence-electron chi connectivity index (χ4n) is 2.84. The number of rotatable bonds is 7. The van der Waals surface area contributed by atoms with Crippen molar-refractivity contribution in [1.29, 1.82) is 0 Å². The van der Waals surface area contributed by atoms with Crippen LogP contribution in [0.25, 0.3) is 0 Å². The number of thiazole rings is 1. The molecule has 7 nitrogen and oxygen atoms in total. The van der Waals surface area contributed by atoms with Gasteiger partial charge in [-0.05, 0) is 29.5 Å². The minimum Gasteiger partial charge on any atom is -0.339 e. The lowest BCUT2D eigenvalue weighted by Gasteiger charge is -2.09. The van der Waals surface area contributed by atoms with Gasteiger partial charge in [0.15, 0.2) is 5.13 Å². The first kappa shape index (κ1) is 18.8. The number of aromatic nitrogens is 2. The molecule has 2 heterocycles. The van der Waals surface area contributed by atoms with E-state index in [2.05, 4.69) is 24.1 Å². The predicted molar refractivity (Wildman–Crippen MR) is 105 cm³/mol. The van der Waals surface area contributed by atoms with Crippen LogP contribution in [0.1, 0.15) is 35.5 Å². The van der Waals surface area contributed by atoms with E-state index in [0.717, 1.165) is 17.5 Å². The maximum Gasteiger partial charge on any atom is 0.274 e. The van der Waals surface area contributed by atoms with E-state index in [1.807, 2.05) is 16.8 Å². The largest absolute Gasteiger partial charge is 0.339 e.